The number of hydrogen-bond acceptors (Lipinski definition) is 2. The Balaban J connectivity index is 2.14. The average molecular weight is 385 g/mol. The first-order valence-corrected chi connectivity index (χ1v) is 8.96. The van der Waals surface area contributed by atoms with Crippen LogP contribution in [0, 0.1) is 5.92 Å². The molecule has 2 rings (SSSR count). The first-order chi connectivity index (χ1) is 10.0. The summed E-state index contributed by atoms with van der Waals surface area (Å²) < 4.78 is 1.10. The van der Waals surface area contributed by atoms with Gasteiger partial charge < -0.3 is 5.32 Å². The number of rotatable bonds is 6. The van der Waals surface area contributed by atoms with E-state index in [1.165, 1.54) is 15.4 Å². The quantitative estimate of drug-likeness (QED) is 0.655. The van der Waals surface area contributed by atoms with Crippen molar-refractivity contribution in [2.75, 3.05) is 6.54 Å². The molecule has 0 atom stereocenters. The van der Waals surface area contributed by atoms with Gasteiger partial charge in [0, 0.05) is 25.8 Å². The van der Waals surface area contributed by atoms with Crippen LogP contribution in [-0.4, -0.2) is 6.54 Å². The van der Waals surface area contributed by atoms with Crippen molar-refractivity contribution in [2.45, 2.75) is 30.2 Å². The Morgan fingerprint density at radius 1 is 1.19 bits per heavy atom. The first kappa shape index (κ1) is 16.9. The normalized spacial score (nSPS) is 11.1. The van der Waals surface area contributed by atoms with Gasteiger partial charge in [0.25, 0.3) is 0 Å². The highest BCUT2D eigenvalue weighted by Crippen LogP contribution is 2.33. The Labute approximate surface area is 144 Å². The summed E-state index contributed by atoms with van der Waals surface area (Å²) in [7, 11) is 0. The zero-order chi connectivity index (χ0) is 15.2. The summed E-state index contributed by atoms with van der Waals surface area (Å²) in [6, 6.07) is 14.4. The Hall–Kier alpha value is -0.480. The van der Waals surface area contributed by atoms with E-state index in [4.69, 9.17) is 11.6 Å². The fraction of sp³-hybridized carbons (Fsp3) is 0.294. The molecule has 0 aliphatic carbocycles. The molecular formula is C17H19BrClNS. The van der Waals surface area contributed by atoms with Gasteiger partial charge in [0.2, 0.25) is 0 Å². The largest absolute Gasteiger partial charge is 0.312 e. The molecule has 0 radical (unpaired) electrons. The molecule has 0 saturated carbocycles. The minimum atomic E-state index is 0.644. The van der Waals surface area contributed by atoms with E-state index in [0.717, 1.165) is 22.6 Å². The lowest BCUT2D eigenvalue weighted by atomic mass is 10.2. The molecule has 1 N–H and O–H groups in total. The second kappa shape index (κ2) is 8.23. The summed E-state index contributed by atoms with van der Waals surface area (Å²) in [5, 5.41) is 4.27. The van der Waals surface area contributed by atoms with Gasteiger partial charge >= 0.3 is 0 Å². The van der Waals surface area contributed by atoms with Gasteiger partial charge in [0.05, 0.1) is 0 Å². The predicted molar refractivity (Wildman–Crippen MR) is 96.3 cm³/mol. The summed E-state index contributed by atoms with van der Waals surface area (Å²) in [6.45, 7) is 6.27. The van der Waals surface area contributed by atoms with E-state index in [-0.39, 0.29) is 0 Å². The van der Waals surface area contributed by atoms with Gasteiger partial charge in [-0.1, -0.05) is 59.2 Å². The van der Waals surface area contributed by atoms with Gasteiger partial charge in [-0.25, -0.2) is 0 Å². The molecule has 0 saturated heterocycles. The molecule has 0 fully saturated rings. The minimum Gasteiger partial charge on any atom is -0.312 e. The summed E-state index contributed by atoms with van der Waals surface area (Å²) in [5.74, 6) is 0.644. The summed E-state index contributed by atoms with van der Waals surface area (Å²) in [4.78, 5) is 2.46. The zero-order valence-corrected chi connectivity index (χ0v) is 15.4. The predicted octanol–water partition coefficient (Wildman–Crippen LogP) is 6.00. The van der Waals surface area contributed by atoms with Gasteiger partial charge in [-0.05, 0) is 54.4 Å². The van der Waals surface area contributed by atoms with Gasteiger partial charge in [0.1, 0.15) is 0 Å². The Bertz CT molecular complexity index is 601. The Morgan fingerprint density at radius 2 is 2.00 bits per heavy atom. The van der Waals surface area contributed by atoms with Crippen molar-refractivity contribution in [2.24, 2.45) is 5.92 Å². The third-order valence-electron chi connectivity index (χ3n) is 2.91. The monoisotopic (exact) mass is 383 g/mol. The van der Waals surface area contributed by atoms with Gasteiger partial charge in [-0.2, -0.15) is 0 Å². The average Bonchev–Trinajstić information content (AvgIpc) is 2.41. The van der Waals surface area contributed by atoms with Crippen LogP contribution in [0.1, 0.15) is 19.4 Å². The van der Waals surface area contributed by atoms with Crippen LogP contribution in [0.3, 0.4) is 0 Å². The standard InChI is InChI=1S/C17H19BrClNS/c1-12(2)10-20-11-13-8-15(19)6-7-17(13)21-16-5-3-4-14(18)9-16/h3-9,12,20H,10-11H2,1-2H3. The van der Waals surface area contributed by atoms with Crippen LogP contribution in [0.4, 0.5) is 0 Å². The lowest BCUT2D eigenvalue weighted by Gasteiger charge is -2.12. The van der Waals surface area contributed by atoms with Gasteiger partial charge in [-0.15, -0.1) is 0 Å². The van der Waals surface area contributed by atoms with Crippen molar-refractivity contribution in [3.8, 4) is 0 Å². The summed E-state index contributed by atoms with van der Waals surface area (Å²) in [5.41, 5.74) is 1.24. The molecule has 0 spiro atoms. The molecule has 21 heavy (non-hydrogen) atoms. The minimum absolute atomic E-state index is 0.644. The van der Waals surface area contributed by atoms with Gasteiger partial charge in [-0.3, -0.25) is 0 Å². The van der Waals surface area contributed by atoms with Crippen molar-refractivity contribution in [3.63, 3.8) is 0 Å². The molecule has 2 aromatic rings. The maximum Gasteiger partial charge on any atom is 0.0410 e. The maximum atomic E-state index is 6.14. The van der Waals surface area contributed by atoms with Crippen LogP contribution >= 0.6 is 39.3 Å². The highest BCUT2D eigenvalue weighted by molar-refractivity contribution is 9.10. The second-order valence-corrected chi connectivity index (χ2v) is 7.80. The molecule has 112 valence electrons. The first-order valence-electron chi connectivity index (χ1n) is 6.97. The second-order valence-electron chi connectivity index (χ2n) is 5.34. The summed E-state index contributed by atoms with van der Waals surface area (Å²) in [6.07, 6.45) is 0. The molecule has 1 nitrogen and oxygen atoms in total. The number of nitrogens with one attached hydrogen (secondary N) is 1. The van der Waals surface area contributed by atoms with E-state index in [1.54, 1.807) is 11.8 Å². The lowest BCUT2D eigenvalue weighted by molar-refractivity contribution is 0.550. The molecule has 0 aliphatic heterocycles. The molecule has 4 heteroatoms. The fourth-order valence-electron chi connectivity index (χ4n) is 1.94. The highest BCUT2D eigenvalue weighted by Gasteiger charge is 2.06. The molecule has 0 bridgehead atoms. The number of benzene rings is 2. The maximum absolute atomic E-state index is 6.14. The number of hydrogen-bond donors (Lipinski definition) is 1. The van der Waals surface area contributed by atoms with Crippen molar-refractivity contribution in [1.29, 1.82) is 0 Å². The molecule has 0 amide bonds. The summed E-state index contributed by atoms with van der Waals surface area (Å²) >= 11 is 11.4. The molecule has 0 aromatic heterocycles. The molecule has 0 aliphatic rings. The molecule has 0 unspecified atom stereocenters. The highest BCUT2D eigenvalue weighted by atomic mass is 79.9. The van der Waals surface area contributed by atoms with Crippen LogP contribution in [0.25, 0.3) is 0 Å². The Morgan fingerprint density at radius 3 is 2.71 bits per heavy atom. The third kappa shape index (κ3) is 5.67. The van der Waals surface area contributed by atoms with Gasteiger partial charge in [0.15, 0.2) is 0 Å². The smallest absolute Gasteiger partial charge is 0.0410 e. The van der Waals surface area contributed by atoms with Crippen LogP contribution in [0.2, 0.25) is 5.02 Å². The van der Waals surface area contributed by atoms with Crippen molar-refractivity contribution < 1.29 is 0 Å². The lowest BCUT2D eigenvalue weighted by Crippen LogP contribution is -2.19. The van der Waals surface area contributed by atoms with E-state index >= 15 is 0 Å². The topological polar surface area (TPSA) is 12.0 Å². The fourth-order valence-corrected chi connectivity index (χ4v) is 3.67. The van der Waals surface area contributed by atoms with Crippen LogP contribution in [0.15, 0.2) is 56.7 Å². The molecule has 0 heterocycles. The van der Waals surface area contributed by atoms with E-state index in [0.29, 0.717) is 5.92 Å². The van der Waals surface area contributed by atoms with Crippen molar-refractivity contribution >= 4 is 39.3 Å². The Kier molecular flexibility index (Phi) is 6.62. The van der Waals surface area contributed by atoms with E-state index in [2.05, 4.69) is 65.4 Å². The van der Waals surface area contributed by atoms with E-state index < -0.39 is 0 Å². The van der Waals surface area contributed by atoms with Crippen molar-refractivity contribution in [1.82, 2.24) is 5.32 Å². The van der Waals surface area contributed by atoms with Crippen LogP contribution in [0.5, 0.6) is 0 Å². The molecule has 2 aromatic carbocycles. The van der Waals surface area contributed by atoms with Crippen LogP contribution in [-0.2, 0) is 6.54 Å². The molecular weight excluding hydrogens is 366 g/mol. The van der Waals surface area contributed by atoms with E-state index in [9.17, 15) is 0 Å². The van der Waals surface area contributed by atoms with Crippen LogP contribution < -0.4 is 5.32 Å². The third-order valence-corrected chi connectivity index (χ3v) is 4.75. The zero-order valence-electron chi connectivity index (χ0n) is 12.2. The SMILES string of the molecule is CC(C)CNCc1cc(Cl)ccc1Sc1cccc(Br)c1. The van der Waals surface area contributed by atoms with E-state index in [1.807, 2.05) is 12.1 Å². The number of halogens is 2. The van der Waals surface area contributed by atoms with Crippen molar-refractivity contribution in [3.05, 3.63) is 57.5 Å².